The summed E-state index contributed by atoms with van der Waals surface area (Å²) in [6.07, 6.45) is 2.91. The lowest BCUT2D eigenvalue weighted by Gasteiger charge is -2.22. The Morgan fingerprint density at radius 2 is 2.05 bits per heavy atom. The highest BCUT2D eigenvalue weighted by Crippen LogP contribution is 2.14. The van der Waals surface area contributed by atoms with Gasteiger partial charge in [0.2, 0.25) is 0 Å². The molecule has 0 aliphatic carbocycles. The smallest absolute Gasteiger partial charge is 0.165 e. The number of nitrogens with one attached hydrogen (secondary N) is 1. The molecule has 1 aromatic rings. The zero-order valence-electron chi connectivity index (χ0n) is 11.9. The molecular weight excluding hydrogens is 238 g/mol. The van der Waals surface area contributed by atoms with Crippen molar-refractivity contribution in [3.8, 4) is 0 Å². The van der Waals surface area contributed by atoms with Gasteiger partial charge in [0.05, 0.1) is 12.7 Å². The second-order valence-electron chi connectivity index (χ2n) is 5.31. The minimum Gasteiger partial charge on any atom is -0.378 e. The lowest BCUT2D eigenvalue weighted by Crippen LogP contribution is -2.32. The van der Waals surface area contributed by atoms with Crippen molar-refractivity contribution in [1.29, 1.82) is 0 Å². The van der Waals surface area contributed by atoms with Gasteiger partial charge in [-0.1, -0.05) is 17.7 Å². The molecule has 1 saturated heterocycles. The minimum absolute atomic E-state index is 0.190. The average molecular weight is 261 g/mol. The van der Waals surface area contributed by atoms with Crippen molar-refractivity contribution in [1.82, 2.24) is 5.32 Å². The zero-order valence-corrected chi connectivity index (χ0v) is 11.9. The van der Waals surface area contributed by atoms with Gasteiger partial charge < -0.3 is 10.1 Å². The van der Waals surface area contributed by atoms with Crippen LogP contribution in [0.1, 0.15) is 40.7 Å². The molecule has 1 N–H and O–H groups in total. The highest BCUT2D eigenvalue weighted by molar-refractivity contribution is 5.97. The molecule has 1 fully saturated rings. The Hall–Kier alpha value is -1.19. The Morgan fingerprint density at radius 1 is 1.32 bits per heavy atom. The average Bonchev–Trinajstić information content (AvgIpc) is 2.42. The standard InChI is InChI=1S/C16H23NO2/c1-12-3-4-13(2)15(11-12)16(18)7-10-19-14-5-8-17-9-6-14/h3-4,11,14,17H,5-10H2,1-2H3. The summed E-state index contributed by atoms with van der Waals surface area (Å²) in [6.45, 7) is 6.59. The number of benzene rings is 1. The van der Waals surface area contributed by atoms with Gasteiger partial charge in [-0.15, -0.1) is 0 Å². The van der Waals surface area contributed by atoms with Crippen LogP contribution < -0.4 is 5.32 Å². The molecular formula is C16H23NO2. The van der Waals surface area contributed by atoms with Gasteiger partial charge in [0.15, 0.2) is 5.78 Å². The minimum atomic E-state index is 0.190. The Labute approximate surface area is 115 Å². The molecule has 1 aromatic carbocycles. The molecule has 3 nitrogen and oxygen atoms in total. The summed E-state index contributed by atoms with van der Waals surface area (Å²) in [5, 5.41) is 3.31. The quantitative estimate of drug-likeness (QED) is 0.828. The molecule has 0 aromatic heterocycles. The molecule has 0 amide bonds. The van der Waals surface area contributed by atoms with E-state index in [-0.39, 0.29) is 5.78 Å². The molecule has 0 spiro atoms. The fourth-order valence-electron chi connectivity index (χ4n) is 2.45. The van der Waals surface area contributed by atoms with Gasteiger partial charge >= 0.3 is 0 Å². The predicted molar refractivity (Wildman–Crippen MR) is 76.7 cm³/mol. The van der Waals surface area contributed by atoms with Crippen LogP contribution in [0, 0.1) is 13.8 Å². The maximum Gasteiger partial charge on any atom is 0.165 e. The SMILES string of the molecule is Cc1ccc(C)c(C(=O)CCOC2CCNCC2)c1. The van der Waals surface area contributed by atoms with Crippen molar-refractivity contribution >= 4 is 5.78 Å². The molecule has 0 unspecified atom stereocenters. The van der Waals surface area contributed by atoms with Crippen LogP contribution >= 0.6 is 0 Å². The first-order valence-electron chi connectivity index (χ1n) is 7.09. The summed E-state index contributed by atoms with van der Waals surface area (Å²) in [5.74, 6) is 0.190. The number of ketones is 1. The third-order valence-electron chi connectivity index (χ3n) is 3.66. The normalized spacial score (nSPS) is 16.5. The van der Waals surface area contributed by atoms with Gasteiger partial charge in [0.25, 0.3) is 0 Å². The van der Waals surface area contributed by atoms with Gasteiger partial charge in [-0.25, -0.2) is 0 Å². The lowest BCUT2D eigenvalue weighted by atomic mass is 10.0. The van der Waals surface area contributed by atoms with Crippen molar-refractivity contribution in [2.45, 2.75) is 39.2 Å². The van der Waals surface area contributed by atoms with Crippen molar-refractivity contribution in [2.24, 2.45) is 0 Å². The summed E-state index contributed by atoms with van der Waals surface area (Å²) in [4.78, 5) is 12.2. The summed E-state index contributed by atoms with van der Waals surface area (Å²) >= 11 is 0. The summed E-state index contributed by atoms with van der Waals surface area (Å²) in [5.41, 5.74) is 3.03. The van der Waals surface area contributed by atoms with Crippen LogP contribution in [0.25, 0.3) is 0 Å². The van der Waals surface area contributed by atoms with E-state index in [1.54, 1.807) is 0 Å². The number of aryl methyl sites for hydroxylation is 2. The summed E-state index contributed by atoms with van der Waals surface area (Å²) in [7, 11) is 0. The molecule has 0 saturated carbocycles. The van der Waals surface area contributed by atoms with Crippen LogP contribution in [0.15, 0.2) is 18.2 Å². The largest absolute Gasteiger partial charge is 0.378 e. The van der Waals surface area contributed by atoms with E-state index in [0.717, 1.165) is 42.6 Å². The molecule has 3 heteroatoms. The number of ether oxygens (including phenoxy) is 1. The molecule has 1 heterocycles. The molecule has 0 radical (unpaired) electrons. The first-order valence-corrected chi connectivity index (χ1v) is 7.09. The Bertz CT molecular complexity index is 436. The third kappa shape index (κ3) is 4.15. The van der Waals surface area contributed by atoms with E-state index in [9.17, 15) is 4.79 Å². The van der Waals surface area contributed by atoms with Crippen molar-refractivity contribution < 1.29 is 9.53 Å². The van der Waals surface area contributed by atoms with E-state index in [4.69, 9.17) is 4.74 Å². The van der Waals surface area contributed by atoms with Crippen LogP contribution in [-0.4, -0.2) is 31.6 Å². The molecule has 19 heavy (non-hydrogen) atoms. The molecule has 104 valence electrons. The number of hydrogen-bond donors (Lipinski definition) is 1. The van der Waals surface area contributed by atoms with Gasteiger partial charge in [0.1, 0.15) is 0 Å². The van der Waals surface area contributed by atoms with E-state index in [2.05, 4.69) is 5.32 Å². The number of piperidine rings is 1. The maximum absolute atomic E-state index is 12.2. The lowest BCUT2D eigenvalue weighted by molar-refractivity contribution is 0.0313. The van der Waals surface area contributed by atoms with Crippen LogP contribution in [0.2, 0.25) is 0 Å². The number of carbonyl (C=O) groups is 1. The van der Waals surface area contributed by atoms with Crippen molar-refractivity contribution in [3.63, 3.8) is 0 Å². The Balaban J connectivity index is 1.82. The van der Waals surface area contributed by atoms with Crippen LogP contribution in [0.4, 0.5) is 0 Å². The van der Waals surface area contributed by atoms with E-state index < -0.39 is 0 Å². The number of rotatable bonds is 5. The fourth-order valence-corrected chi connectivity index (χ4v) is 2.45. The zero-order chi connectivity index (χ0) is 13.7. The first-order chi connectivity index (χ1) is 9.16. The third-order valence-corrected chi connectivity index (χ3v) is 3.66. The molecule has 1 aliphatic rings. The van der Waals surface area contributed by atoms with Gasteiger partial charge in [-0.2, -0.15) is 0 Å². The van der Waals surface area contributed by atoms with Crippen molar-refractivity contribution in [2.75, 3.05) is 19.7 Å². The fraction of sp³-hybridized carbons (Fsp3) is 0.562. The highest BCUT2D eigenvalue weighted by Gasteiger charge is 2.14. The van der Waals surface area contributed by atoms with Gasteiger partial charge in [-0.05, 0) is 51.4 Å². The molecule has 0 atom stereocenters. The van der Waals surface area contributed by atoms with Gasteiger partial charge in [-0.3, -0.25) is 4.79 Å². The molecule has 2 rings (SSSR count). The number of Topliss-reactive ketones (excluding diaryl/α,β-unsaturated/α-hetero) is 1. The monoisotopic (exact) mass is 261 g/mol. The maximum atomic E-state index is 12.2. The number of carbonyl (C=O) groups excluding carboxylic acids is 1. The molecule has 0 bridgehead atoms. The van der Waals surface area contributed by atoms with Crippen molar-refractivity contribution in [3.05, 3.63) is 34.9 Å². The van der Waals surface area contributed by atoms with E-state index in [1.165, 1.54) is 0 Å². The first kappa shape index (κ1) is 14.2. The molecule has 1 aliphatic heterocycles. The van der Waals surface area contributed by atoms with Crippen LogP contribution in [0.5, 0.6) is 0 Å². The Morgan fingerprint density at radius 3 is 2.79 bits per heavy atom. The number of hydrogen-bond acceptors (Lipinski definition) is 3. The Kier molecular flexibility index (Phi) is 5.11. The van der Waals surface area contributed by atoms with Gasteiger partial charge in [0, 0.05) is 12.0 Å². The van der Waals surface area contributed by atoms with E-state index >= 15 is 0 Å². The highest BCUT2D eigenvalue weighted by atomic mass is 16.5. The second-order valence-corrected chi connectivity index (χ2v) is 5.31. The van der Waals surface area contributed by atoms with Crippen LogP contribution in [-0.2, 0) is 4.74 Å². The summed E-state index contributed by atoms with van der Waals surface area (Å²) in [6, 6.07) is 6.02. The second kappa shape index (κ2) is 6.83. The predicted octanol–water partition coefficient (Wildman–Crippen LogP) is 2.64. The van der Waals surface area contributed by atoms with E-state index in [1.807, 2.05) is 32.0 Å². The van der Waals surface area contributed by atoms with E-state index in [0.29, 0.717) is 19.1 Å². The summed E-state index contributed by atoms with van der Waals surface area (Å²) < 4.78 is 5.78. The topological polar surface area (TPSA) is 38.3 Å². The van der Waals surface area contributed by atoms with Crippen LogP contribution in [0.3, 0.4) is 0 Å².